The Morgan fingerprint density at radius 1 is 1.06 bits per heavy atom. The van der Waals surface area contributed by atoms with E-state index in [9.17, 15) is 18.0 Å². The summed E-state index contributed by atoms with van der Waals surface area (Å²) >= 11 is 1.88. The predicted molar refractivity (Wildman–Crippen MR) is 133 cm³/mol. The van der Waals surface area contributed by atoms with E-state index in [0.717, 1.165) is 30.6 Å². The zero-order valence-electron chi connectivity index (χ0n) is 20.0. The van der Waals surface area contributed by atoms with Gasteiger partial charge in [-0.2, -0.15) is 20.2 Å². The molecule has 3 N–H and O–H groups in total. The van der Waals surface area contributed by atoms with Crippen LogP contribution in [-0.2, 0) is 28.6 Å². The van der Waals surface area contributed by atoms with Gasteiger partial charge in [-0.05, 0) is 31.9 Å². The Morgan fingerprint density at radius 2 is 1.77 bits per heavy atom. The Morgan fingerprint density at radius 3 is 2.54 bits per heavy atom. The van der Waals surface area contributed by atoms with E-state index in [1.165, 1.54) is 12.1 Å². The van der Waals surface area contributed by atoms with E-state index in [4.69, 9.17) is 13.7 Å². The van der Waals surface area contributed by atoms with Crippen molar-refractivity contribution >= 4 is 33.8 Å². The van der Waals surface area contributed by atoms with E-state index in [0.29, 0.717) is 38.0 Å². The van der Waals surface area contributed by atoms with Gasteiger partial charge >= 0.3 is 6.03 Å². The van der Waals surface area contributed by atoms with Crippen LogP contribution >= 0.6 is 11.8 Å². The van der Waals surface area contributed by atoms with Gasteiger partial charge in [0.2, 0.25) is 5.91 Å². The molecule has 0 aromatic heterocycles. The molecule has 196 valence electrons. The molecule has 0 bridgehead atoms. The summed E-state index contributed by atoms with van der Waals surface area (Å²) in [5.74, 6) is 0.952. The highest BCUT2D eigenvalue weighted by Crippen LogP contribution is 2.33. The monoisotopic (exact) mass is 529 g/mol. The second kappa shape index (κ2) is 14.0. The molecule has 0 spiro atoms. The number of nitrogens with one attached hydrogen (secondary N) is 3. The van der Waals surface area contributed by atoms with Crippen LogP contribution in [0.15, 0.2) is 29.2 Å². The van der Waals surface area contributed by atoms with Crippen molar-refractivity contribution in [2.24, 2.45) is 0 Å². The van der Waals surface area contributed by atoms with Crippen molar-refractivity contribution in [1.82, 2.24) is 16.0 Å². The first-order valence-corrected chi connectivity index (χ1v) is 14.4. The van der Waals surface area contributed by atoms with Gasteiger partial charge < -0.3 is 25.4 Å². The summed E-state index contributed by atoms with van der Waals surface area (Å²) in [7, 11) is -3.78. The third-order valence-electron chi connectivity index (χ3n) is 5.80. The summed E-state index contributed by atoms with van der Waals surface area (Å²) < 4.78 is 39.8. The van der Waals surface area contributed by atoms with Crippen LogP contribution in [0.4, 0.5) is 4.79 Å². The van der Waals surface area contributed by atoms with E-state index in [1.54, 1.807) is 12.1 Å². The van der Waals surface area contributed by atoms with Crippen molar-refractivity contribution < 1.29 is 31.7 Å². The second-order valence-corrected chi connectivity index (χ2v) is 11.4. The Balaban J connectivity index is 1.11. The first-order chi connectivity index (χ1) is 16.8. The largest absolute Gasteiger partial charge is 0.377 e. The molecular formula is C23H35N3O7S2. The number of fused-ring (bicyclic) bond motifs is 1. The van der Waals surface area contributed by atoms with E-state index < -0.39 is 10.1 Å². The molecule has 3 atom stereocenters. The first-order valence-electron chi connectivity index (χ1n) is 11.9. The Bertz CT molecular complexity index is 928. The van der Waals surface area contributed by atoms with Crippen LogP contribution in [0.3, 0.4) is 0 Å². The van der Waals surface area contributed by atoms with Gasteiger partial charge in [-0.25, -0.2) is 4.79 Å². The van der Waals surface area contributed by atoms with Gasteiger partial charge in [0.25, 0.3) is 10.1 Å². The molecule has 2 aliphatic rings. The van der Waals surface area contributed by atoms with Gasteiger partial charge in [0.1, 0.15) is 0 Å². The summed E-state index contributed by atoms with van der Waals surface area (Å²) in [4.78, 5) is 23.5. The lowest BCUT2D eigenvalue weighted by atomic mass is 10.0. The van der Waals surface area contributed by atoms with Gasteiger partial charge in [0.15, 0.2) is 0 Å². The molecule has 0 radical (unpaired) electrons. The number of unbranched alkanes of at least 4 members (excludes halogenated alkanes) is 1. The fourth-order valence-electron chi connectivity index (χ4n) is 3.92. The van der Waals surface area contributed by atoms with Crippen LogP contribution in [0.2, 0.25) is 0 Å². The summed E-state index contributed by atoms with van der Waals surface area (Å²) in [6.07, 6.45) is 3.24. The molecule has 1 aromatic rings. The molecule has 0 saturated carbocycles. The maximum absolute atomic E-state index is 12.0. The Kier molecular flexibility index (Phi) is 11.1. The number of thioether (sulfide) groups is 1. The van der Waals surface area contributed by atoms with Gasteiger partial charge in [0, 0.05) is 24.0 Å². The standard InChI is InChI=1S/C23H35N3O7S2/c1-17-6-8-18(9-7-17)35(29,30)33-15-14-32-13-12-31-11-10-24-21(27)5-3-2-4-20-22-19(16-34-20)25-23(28)26-22/h6-9,19-20,22H,2-5,10-16H2,1H3,(H,24,27)(H2,25,26,28)/t19?,20-,22?/m1/s1. The van der Waals surface area contributed by atoms with Crippen molar-refractivity contribution in [3.63, 3.8) is 0 Å². The summed E-state index contributed by atoms with van der Waals surface area (Å²) in [6, 6.07) is 6.83. The second-order valence-electron chi connectivity index (χ2n) is 8.53. The lowest BCUT2D eigenvalue weighted by Gasteiger charge is -2.16. The number of rotatable bonds is 16. The van der Waals surface area contributed by atoms with E-state index >= 15 is 0 Å². The molecule has 2 fully saturated rings. The topological polar surface area (TPSA) is 132 Å². The number of urea groups is 1. The van der Waals surface area contributed by atoms with Crippen LogP contribution < -0.4 is 16.0 Å². The number of hydrogen-bond donors (Lipinski definition) is 3. The lowest BCUT2D eigenvalue weighted by Crippen LogP contribution is -2.36. The summed E-state index contributed by atoms with van der Waals surface area (Å²) in [6.45, 7) is 3.39. The van der Waals surface area contributed by atoms with Gasteiger partial charge in [-0.1, -0.05) is 24.1 Å². The highest BCUT2D eigenvalue weighted by molar-refractivity contribution is 8.00. The molecule has 2 aliphatic heterocycles. The van der Waals surface area contributed by atoms with E-state index in [-0.39, 0.29) is 42.1 Å². The summed E-state index contributed by atoms with van der Waals surface area (Å²) in [5, 5.41) is 9.17. The summed E-state index contributed by atoms with van der Waals surface area (Å²) in [5.41, 5.74) is 0.971. The third-order valence-corrected chi connectivity index (χ3v) is 8.63. The van der Waals surface area contributed by atoms with Crippen molar-refractivity contribution in [2.75, 3.05) is 45.3 Å². The Hall–Kier alpha value is -1.86. The lowest BCUT2D eigenvalue weighted by molar-refractivity contribution is -0.121. The van der Waals surface area contributed by atoms with Crippen molar-refractivity contribution in [2.45, 2.75) is 54.8 Å². The zero-order valence-corrected chi connectivity index (χ0v) is 21.6. The average molecular weight is 530 g/mol. The number of carbonyl (C=O) groups excluding carboxylic acids is 2. The molecule has 35 heavy (non-hydrogen) atoms. The smallest absolute Gasteiger partial charge is 0.315 e. The molecule has 10 nitrogen and oxygen atoms in total. The number of aryl methyl sites for hydroxylation is 1. The minimum atomic E-state index is -3.78. The highest BCUT2D eigenvalue weighted by atomic mass is 32.2. The van der Waals surface area contributed by atoms with Crippen LogP contribution in [0.5, 0.6) is 0 Å². The van der Waals surface area contributed by atoms with E-state index in [1.807, 2.05) is 18.7 Å². The van der Waals surface area contributed by atoms with Crippen LogP contribution in [0.1, 0.15) is 31.2 Å². The SMILES string of the molecule is Cc1ccc(S(=O)(=O)OCCOCCOCCNC(=O)CCCC[C@H]2SCC3NC(=O)NC32)cc1. The van der Waals surface area contributed by atoms with Gasteiger partial charge in [-0.3, -0.25) is 8.98 Å². The molecule has 2 saturated heterocycles. The Labute approximate surface area is 211 Å². The molecule has 1 aromatic carbocycles. The first kappa shape index (κ1) is 27.7. The minimum Gasteiger partial charge on any atom is -0.377 e. The van der Waals surface area contributed by atoms with Crippen LogP contribution in [0, 0.1) is 6.92 Å². The quantitative estimate of drug-likeness (QED) is 0.167. The maximum Gasteiger partial charge on any atom is 0.315 e. The third kappa shape index (κ3) is 9.26. The normalized spacial score (nSPS) is 21.4. The number of hydrogen-bond acceptors (Lipinski definition) is 8. The highest BCUT2D eigenvalue weighted by Gasteiger charge is 2.42. The van der Waals surface area contributed by atoms with E-state index in [2.05, 4.69) is 16.0 Å². The van der Waals surface area contributed by atoms with Gasteiger partial charge in [-0.15, -0.1) is 0 Å². The maximum atomic E-state index is 12.0. The van der Waals surface area contributed by atoms with Crippen molar-refractivity contribution in [3.05, 3.63) is 29.8 Å². The molecule has 2 heterocycles. The molecule has 0 aliphatic carbocycles. The predicted octanol–water partition coefficient (Wildman–Crippen LogP) is 1.58. The molecule has 12 heteroatoms. The number of amides is 3. The minimum absolute atomic E-state index is 0.00423. The fraction of sp³-hybridized carbons (Fsp3) is 0.652. The molecule has 2 unspecified atom stereocenters. The number of benzene rings is 1. The van der Waals surface area contributed by atoms with Crippen molar-refractivity contribution in [3.8, 4) is 0 Å². The average Bonchev–Trinajstić information content (AvgIpc) is 3.37. The number of ether oxygens (including phenoxy) is 2. The van der Waals surface area contributed by atoms with Crippen molar-refractivity contribution in [1.29, 1.82) is 0 Å². The van der Waals surface area contributed by atoms with Crippen LogP contribution in [-0.4, -0.2) is 83.0 Å². The zero-order chi connectivity index (χ0) is 25.1. The number of carbonyl (C=O) groups is 2. The van der Waals surface area contributed by atoms with Crippen LogP contribution in [0.25, 0.3) is 0 Å². The fourth-order valence-corrected chi connectivity index (χ4v) is 6.36. The molecule has 3 rings (SSSR count). The molecule has 3 amide bonds. The molecular weight excluding hydrogens is 494 g/mol. The van der Waals surface area contributed by atoms with Gasteiger partial charge in [0.05, 0.1) is 50.0 Å².